The molecule has 0 atom stereocenters. The van der Waals surface area contributed by atoms with Crippen molar-refractivity contribution in [3.8, 4) is 22.8 Å². The first-order chi connectivity index (χ1) is 16.7. The van der Waals surface area contributed by atoms with Crippen LogP contribution in [-0.2, 0) is 17.9 Å². The molecule has 3 aromatic heterocycles. The molecule has 0 saturated carbocycles. The summed E-state index contributed by atoms with van der Waals surface area (Å²) >= 11 is 1.30. The van der Waals surface area contributed by atoms with Gasteiger partial charge in [-0.3, -0.25) is 14.2 Å². The topological polar surface area (TPSA) is 95.3 Å². The van der Waals surface area contributed by atoms with Gasteiger partial charge in [0.2, 0.25) is 12.7 Å². The lowest BCUT2D eigenvalue weighted by molar-refractivity contribution is -0.121. The maximum absolute atomic E-state index is 13.1. The van der Waals surface area contributed by atoms with E-state index in [9.17, 15) is 9.59 Å². The van der Waals surface area contributed by atoms with E-state index in [0.29, 0.717) is 28.3 Å². The highest BCUT2D eigenvalue weighted by Gasteiger charge is 2.16. The van der Waals surface area contributed by atoms with Gasteiger partial charge in [-0.15, -0.1) is 11.3 Å². The van der Waals surface area contributed by atoms with Crippen LogP contribution in [0.15, 0.2) is 71.8 Å². The summed E-state index contributed by atoms with van der Waals surface area (Å²) in [5.74, 6) is 1.06. The number of amides is 1. The predicted molar refractivity (Wildman–Crippen MR) is 129 cm³/mol. The Hall–Kier alpha value is -4.24. The van der Waals surface area contributed by atoms with Gasteiger partial charge in [0.15, 0.2) is 11.5 Å². The largest absolute Gasteiger partial charge is 0.454 e. The summed E-state index contributed by atoms with van der Waals surface area (Å²) in [5.41, 5.74) is 3.07. The number of hydrogen-bond donors (Lipinski definition) is 1. The van der Waals surface area contributed by atoms with Crippen molar-refractivity contribution in [2.45, 2.75) is 13.1 Å². The molecule has 0 fully saturated rings. The second-order valence-corrected chi connectivity index (χ2v) is 8.84. The number of fused-ring (bicyclic) bond motifs is 4. The Kier molecular flexibility index (Phi) is 4.96. The summed E-state index contributed by atoms with van der Waals surface area (Å²) in [5, 5.41) is 3.66. The van der Waals surface area contributed by atoms with E-state index in [-0.39, 0.29) is 24.8 Å². The summed E-state index contributed by atoms with van der Waals surface area (Å²) in [4.78, 5) is 35.5. The van der Waals surface area contributed by atoms with Crippen LogP contribution in [0.1, 0.15) is 5.56 Å². The lowest BCUT2D eigenvalue weighted by Gasteiger charge is -2.08. The quantitative estimate of drug-likeness (QED) is 0.421. The van der Waals surface area contributed by atoms with Gasteiger partial charge in [-0.1, -0.05) is 36.4 Å². The van der Waals surface area contributed by atoms with Crippen molar-refractivity contribution < 1.29 is 14.3 Å². The second kappa shape index (κ2) is 8.27. The Bertz CT molecular complexity index is 1610. The number of nitrogens with zero attached hydrogens (tertiary/aromatic N) is 3. The van der Waals surface area contributed by atoms with Crippen LogP contribution in [0.5, 0.6) is 11.5 Å². The van der Waals surface area contributed by atoms with Gasteiger partial charge in [0.05, 0.1) is 17.5 Å². The van der Waals surface area contributed by atoms with Crippen molar-refractivity contribution in [1.29, 1.82) is 0 Å². The van der Waals surface area contributed by atoms with Crippen LogP contribution in [0.3, 0.4) is 0 Å². The molecule has 9 heteroatoms. The molecule has 0 bridgehead atoms. The normalized spacial score (nSPS) is 12.4. The van der Waals surface area contributed by atoms with E-state index in [0.717, 1.165) is 27.0 Å². The molecule has 0 saturated heterocycles. The average molecular weight is 471 g/mol. The number of carbonyl (C=O) groups excluding carboxylic acids is 1. The van der Waals surface area contributed by atoms with Crippen LogP contribution in [0.25, 0.3) is 31.7 Å². The standard InChI is InChI=1S/C25H18N4O4S/c30-21(26-11-15-6-9-19-20(10-15)33-14-32-19)12-29-13-27-22-17-7-8-18(16-4-2-1-3-5-16)28-24(17)34-23(22)25(29)31/h1-10,13H,11-12,14H2,(H,26,30). The highest BCUT2D eigenvalue weighted by atomic mass is 32.1. The zero-order chi connectivity index (χ0) is 23.1. The van der Waals surface area contributed by atoms with E-state index < -0.39 is 0 Å². The third-order valence-corrected chi connectivity index (χ3v) is 6.70. The van der Waals surface area contributed by atoms with E-state index in [1.807, 2.05) is 60.7 Å². The van der Waals surface area contributed by atoms with Gasteiger partial charge in [0.25, 0.3) is 5.56 Å². The van der Waals surface area contributed by atoms with Crippen LogP contribution in [0, 0.1) is 0 Å². The average Bonchev–Trinajstić information content (AvgIpc) is 3.49. The van der Waals surface area contributed by atoms with E-state index in [1.54, 1.807) is 0 Å². The van der Waals surface area contributed by atoms with Gasteiger partial charge in [-0.05, 0) is 29.8 Å². The minimum Gasteiger partial charge on any atom is -0.454 e. The highest BCUT2D eigenvalue weighted by molar-refractivity contribution is 7.25. The number of thiophene rings is 1. The molecule has 168 valence electrons. The van der Waals surface area contributed by atoms with Crippen LogP contribution in [0.2, 0.25) is 0 Å². The molecular formula is C25H18N4O4S. The van der Waals surface area contributed by atoms with Crippen molar-refractivity contribution >= 4 is 37.7 Å². The number of aromatic nitrogens is 3. The smallest absolute Gasteiger partial charge is 0.271 e. The molecule has 8 nitrogen and oxygen atoms in total. The summed E-state index contributed by atoms with van der Waals surface area (Å²) in [6.07, 6.45) is 1.42. The fraction of sp³-hybridized carbons (Fsp3) is 0.120. The third-order valence-electron chi connectivity index (χ3n) is 5.62. The van der Waals surface area contributed by atoms with E-state index in [1.165, 1.54) is 22.2 Å². The van der Waals surface area contributed by atoms with Crippen LogP contribution in [-0.4, -0.2) is 27.2 Å². The molecule has 6 rings (SSSR count). The first-order valence-corrected chi connectivity index (χ1v) is 11.5. The molecule has 0 aliphatic carbocycles. The Morgan fingerprint density at radius 2 is 1.91 bits per heavy atom. The van der Waals surface area contributed by atoms with Crippen LogP contribution in [0.4, 0.5) is 0 Å². The molecule has 4 heterocycles. The zero-order valence-electron chi connectivity index (χ0n) is 17.9. The van der Waals surface area contributed by atoms with Gasteiger partial charge in [0.1, 0.15) is 16.1 Å². The molecule has 1 N–H and O–H groups in total. The number of ether oxygens (including phenoxy) is 2. The molecular weight excluding hydrogens is 452 g/mol. The summed E-state index contributed by atoms with van der Waals surface area (Å²) in [6, 6.07) is 19.2. The number of hydrogen-bond acceptors (Lipinski definition) is 7. The second-order valence-electron chi connectivity index (χ2n) is 7.84. The highest BCUT2D eigenvalue weighted by Crippen LogP contribution is 2.33. The molecule has 1 aliphatic rings. The molecule has 0 spiro atoms. The van der Waals surface area contributed by atoms with Crippen molar-refractivity contribution in [3.63, 3.8) is 0 Å². The minimum absolute atomic E-state index is 0.122. The minimum atomic E-state index is -0.286. The monoisotopic (exact) mass is 470 g/mol. The van der Waals surface area contributed by atoms with Crippen LogP contribution < -0.4 is 20.3 Å². The van der Waals surface area contributed by atoms with E-state index >= 15 is 0 Å². The lowest BCUT2D eigenvalue weighted by Crippen LogP contribution is -2.31. The van der Waals surface area contributed by atoms with Gasteiger partial charge in [-0.2, -0.15) is 0 Å². The summed E-state index contributed by atoms with van der Waals surface area (Å²) < 4.78 is 12.5. The summed E-state index contributed by atoms with van der Waals surface area (Å²) in [6.45, 7) is 0.391. The van der Waals surface area contributed by atoms with Crippen molar-refractivity contribution in [2.24, 2.45) is 0 Å². The molecule has 1 aliphatic heterocycles. The number of pyridine rings is 1. The maximum atomic E-state index is 13.1. The first kappa shape index (κ1) is 20.4. The maximum Gasteiger partial charge on any atom is 0.271 e. The van der Waals surface area contributed by atoms with E-state index in [4.69, 9.17) is 14.5 Å². The first-order valence-electron chi connectivity index (χ1n) is 10.6. The Morgan fingerprint density at radius 3 is 2.79 bits per heavy atom. The Balaban J connectivity index is 1.23. The molecule has 5 aromatic rings. The fourth-order valence-corrected chi connectivity index (χ4v) is 4.97. The summed E-state index contributed by atoms with van der Waals surface area (Å²) in [7, 11) is 0. The predicted octanol–water partition coefficient (Wildman–Crippen LogP) is 3.72. The van der Waals surface area contributed by atoms with E-state index in [2.05, 4.69) is 10.3 Å². The SMILES string of the molecule is O=C(Cn1cnc2c(sc3nc(-c4ccccc4)ccc32)c1=O)NCc1ccc2c(c1)OCO2. The fourth-order valence-electron chi connectivity index (χ4n) is 3.89. The number of carbonyl (C=O) groups is 1. The molecule has 0 radical (unpaired) electrons. The number of benzene rings is 2. The van der Waals surface area contributed by atoms with Crippen molar-refractivity contribution in [3.05, 3.63) is 82.9 Å². The van der Waals surface area contributed by atoms with Gasteiger partial charge < -0.3 is 14.8 Å². The Labute approximate surface area is 197 Å². The van der Waals surface area contributed by atoms with Gasteiger partial charge in [0, 0.05) is 17.5 Å². The van der Waals surface area contributed by atoms with Gasteiger partial charge in [-0.25, -0.2) is 9.97 Å². The zero-order valence-corrected chi connectivity index (χ0v) is 18.7. The molecule has 1 amide bonds. The van der Waals surface area contributed by atoms with Gasteiger partial charge >= 0.3 is 0 Å². The van der Waals surface area contributed by atoms with Crippen molar-refractivity contribution in [2.75, 3.05) is 6.79 Å². The van der Waals surface area contributed by atoms with Crippen molar-refractivity contribution in [1.82, 2.24) is 19.9 Å². The molecule has 34 heavy (non-hydrogen) atoms. The number of nitrogens with one attached hydrogen (secondary N) is 1. The number of rotatable bonds is 5. The van der Waals surface area contributed by atoms with Crippen LogP contribution >= 0.6 is 11.3 Å². The molecule has 0 unspecified atom stereocenters. The lowest BCUT2D eigenvalue weighted by atomic mass is 10.1. The molecule has 2 aromatic carbocycles. The Morgan fingerprint density at radius 1 is 1.06 bits per heavy atom. The third kappa shape index (κ3) is 3.65.